The molecule has 0 saturated heterocycles. The van der Waals surface area contributed by atoms with Crippen molar-refractivity contribution < 1.29 is 14.3 Å². The van der Waals surface area contributed by atoms with Gasteiger partial charge in [0, 0.05) is 18.7 Å². The number of nitrogens with zero attached hydrogens (tertiary/aromatic N) is 1. The Bertz CT molecular complexity index is 512. The van der Waals surface area contributed by atoms with Crippen LogP contribution in [0.15, 0.2) is 12.1 Å². The summed E-state index contributed by atoms with van der Waals surface area (Å²) in [5, 5.41) is 3.16. The minimum Gasteiger partial charge on any atom is -0.494 e. The lowest BCUT2D eigenvalue weighted by Gasteiger charge is -2.21. The highest BCUT2D eigenvalue weighted by atomic mass is 35.5. The number of methoxy groups -OCH3 is 1. The first kappa shape index (κ1) is 17.6. The van der Waals surface area contributed by atoms with Gasteiger partial charge in [0.25, 0.3) is 5.91 Å². The molecule has 0 atom stereocenters. The standard InChI is InChI=1S/C14H18Cl2N2O3/c1-4-17-12(19)8-18(5-2)14(20)9-6-10(15)13(21-3)11(16)7-9/h6-7H,4-5,8H2,1-3H3,(H,17,19). The maximum absolute atomic E-state index is 12.4. The van der Waals surface area contributed by atoms with Gasteiger partial charge >= 0.3 is 0 Å². The molecule has 1 rings (SSSR count). The van der Waals surface area contributed by atoms with E-state index in [4.69, 9.17) is 27.9 Å². The summed E-state index contributed by atoms with van der Waals surface area (Å²) >= 11 is 12.0. The number of halogens is 2. The number of carbonyl (C=O) groups is 2. The van der Waals surface area contributed by atoms with Crippen LogP contribution in [0.1, 0.15) is 24.2 Å². The Kier molecular flexibility index (Phi) is 6.78. The van der Waals surface area contributed by atoms with Crippen molar-refractivity contribution in [3.05, 3.63) is 27.7 Å². The molecule has 116 valence electrons. The quantitative estimate of drug-likeness (QED) is 0.871. The molecule has 0 aliphatic rings. The predicted molar refractivity (Wildman–Crippen MR) is 83.3 cm³/mol. The molecule has 2 amide bonds. The van der Waals surface area contributed by atoms with Crippen LogP contribution in [0.4, 0.5) is 0 Å². The number of benzene rings is 1. The van der Waals surface area contributed by atoms with Gasteiger partial charge in [0.15, 0.2) is 5.75 Å². The van der Waals surface area contributed by atoms with Crippen LogP contribution in [0.5, 0.6) is 5.75 Å². The molecule has 7 heteroatoms. The van der Waals surface area contributed by atoms with Crippen molar-refractivity contribution in [2.75, 3.05) is 26.7 Å². The van der Waals surface area contributed by atoms with Crippen molar-refractivity contribution in [2.45, 2.75) is 13.8 Å². The average molecular weight is 333 g/mol. The number of rotatable bonds is 6. The third-order valence-corrected chi connectivity index (χ3v) is 3.39. The van der Waals surface area contributed by atoms with Crippen LogP contribution < -0.4 is 10.1 Å². The van der Waals surface area contributed by atoms with Crippen LogP contribution in [0.25, 0.3) is 0 Å². The molecule has 0 aliphatic heterocycles. The largest absolute Gasteiger partial charge is 0.494 e. The lowest BCUT2D eigenvalue weighted by Crippen LogP contribution is -2.40. The third-order valence-electron chi connectivity index (χ3n) is 2.83. The van der Waals surface area contributed by atoms with Crippen LogP contribution >= 0.6 is 23.2 Å². The zero-order valence-electron chi connectivity index (χ0n) is 12.2. The second kappa shape index (κ2) is 8.10. The minimum absolute atomic E-state index is 0.00948. The maximum atomic E-state index is 12.4. The van der Waals surface area contributed by atoms with Gasteiger partial charge in [0.2, 0.25) is 5.91 Å². The highest BCUT2D eigenvalue weighted by Gasteiger charge is 2.20. The summed E-state index contributed by atoms with van der Waals surface area (Å²) in [4.78, 5) is 25.4. The van der Waals surface area contributed by atoms with E-state index in [1.54, 1.807) is 6.92 Å². The Morgan fingerprint density at radius 3 is 2.24 bits per heavy atom. The fourth-order valence-corrected chi connectivity index (χ4v) is 2.46. The lowest BCUT2D eigenvalue weighted by atomic mass is 10.2. The number of hydrogen-bond donors (Lipinski definition) is 1. The Hall–Kier alpha value is -1.46. The zero-order valence-corrected chi connectivity index (χ0v) is 13.7. The molecule has 0 heterocycles. The molecule has 1 aromatic carbocycles. The molecule has 0 fully saturated rings. The number of carbonyl (C=O) groups excluding carboxylic acids is 2. The van der Waals surface area contributed by atoms with E-state index in [0.717, 1.165) is 0 Å². The van der Waals surface area contributed by atoms with E-state index in [-0.39, 0.29) is 28.4 Å². The molecule has 0 saturated carbocycles. The first-order valence-electron chi connectivity index (χ1n) is 6.53. The Morgan fingerprint density at radius 1 is 1.24 bits per heavy atom. The summed E-state index contributed by atoms with van der Waals surface area (Å²) in [5.41, 5.74) is 0.317. The van der Waals surface area contributed by atoms with Crippen molar-refractivity contribution in [3.8, 4) is 5.75 Å². The summed E-state index contributed by atoms with van der Waals surface area (Å²) in [5.74, 6) is -0.199. The van der Waals surface area contributed by atoms with Crippen molar-refractivity contribution in [3.63, 3.8) is 0 Å². The number of likely N-dealkylation sites (N-methyl/N-ethyl adjacent to an activating group) is 2. The van der Waals surface area contributed by atoms with Crippen molar-refractivity contribution in [2.24, 2.45) is 0 Å². The van der Waals surface area contributed by atoms with Crippen molar-refractivity contribution in [1.29, 1.82) is 0 Å². The van der Waals surface area contributed by atoms with E-state index >= 15 is 0 Å². The minimum atomic E-state index is -0.310. The molecule has 0 bridgehead atoms. The van der Waals surface area contributed by atoms with Crippen LogP contribution in [0.3, 0.4) is 0 Å². The van der Waals surface area contributed by atoms with E-state index in [0.29, 0.717) is 24.4 Å². The molecule has 5 nitrogen and oxygen atoms in total. The number of nitrogens with one attached hydrogen (secondary N) is 1. The topological polar surface area (TPSA) is 58.6 Å². The van der Waals surface area contributed by atoms with Crippen molar-refractivity contribution in [1.82, 2.24) is 10.2 Å². The second-order valence-electron chi connectivity index (χ2n) is 4.25. The summed E-state index contributed by atoms with van der Waals surface area (Å²) < 4.78 is 5.04. The molecule has 0 aliphatic carbocycles. The van der Waals surface area contributed by atoms with Crippen LogP contribution in [-0.4, -0.2) is 43.5 Å². The van der Waals surface area contributed by atoms with Gasteiger partial charge in [-0.15, -0.1) is 0 Å². The van der Waals surface area contributed by atoms with Gasteiger partial charge in [-0.2, -0.15) is 0 Å². The monoisotopic (exact) mass is 332 g/mol. The first-order chi connectivity index (χ1) is 9.94. The van der Waals surface area contributed by atoms with E-state index in [2.05, 4.69) is 5.32 Å². The normalized spacial score (nSPS) is 10.1. The summed E-state index contributed by atoms with van der Waals surface area (Å²) in [6, 6.07) is 2.96. The molecular weight excluding hydrogens is 315 g/mol. The Balaban J connectivity index is 2.98. The lowest BCUT2D eigenvalue weighted by molar-refractivity contribution is -0.121. The molecule has 0 unspecified atom stereocenters. The van der Waals surface area contributed by atoms with Crippen LogP contribution in [0.2, 0.25) is 10.0 Å². The SMILES string of the molecule is CCNC(=O)CN(CC)C(=O)c1cc(Cl)c(OC)c(Cl)c1. The van der Waals surface area contributed by atoms with Gasteiger partial charge in [-0.25, -0.2) is 0 Å². The second-order valence-corrected chi connectivity index (χ2v) is 5.06. The van der Waals surface area contributed by atoms with Gasteiger partial charge < -0.3 is 15.0 Å². The van der Waals surface area contributed by atoms with Crippen molar-refractivity contribution >= 4 is 35.0 Å². The van der Waals surface area contributed by atoms with Gasteiger partial charge in [0.05, 0.1) is 23.7 Å². The van der Waals surface area contributed by atoms with E-state index in [1.165, 1.54) is 24.1 Å². The summed E-state index contributed by atoms with van der Waals surface area (Å²) in [7, 11) is 1.45. The molecule has 1 aromatic rings. The molecule has 21 heavy (non-hydrogen) atoms. The smallest absolute Gasteiger partial charge is 0.254 e. The zero-order chi connectivity index (χ0) is 16.0. The molecule has 0 spiro atoms. The number of amides is 2. The first-order valence-corrected chi connectivity index (χ1v) is 7.29. The van der Waals surface area contributed by atoms with Crippen LogP contribution in [-0.2, 0) is 4.79 Å². The molecule has 1 N–H and O–H groups in total. The Labute approximate surface area is 134 Å². The number of ether oxygens (including phenoxy) is 1. The maximum Gasteiger partial charge on any atom is 0.254 e. The molecule has 0 radical (unpaired) electrons. The van der Waals surface area contributed by atoms with Gasteiger partial charge in [-0.3, -0.25) is 9.59 Å². The third kappa shape index (κ3) is 4.51. The fraction of sp³-hybridized carbons (Fsp3) is 0.429. The van der Waals surface area contributed by atoms with Gasteiger partial charge in [-0.05, 0) is 26.0 Å². The molecular formula is C14H18Cl2N2O3. The average Bonchev–Trinajstić information content (AvgIpc) is 2.44. The highest BCUT2D eigenvalue weighted by Crippen LogP contribution is 2.34. The van der Waals surface area contributed by atoms with E-state index in [1.807, 2.05) is 6.92 Å². The summed E-state index contributed by atoms with van der Waals surface area (Å²) in [6.45, 7) is 4.52. The molecule has 0 aromatic heterocycles. The summed E-state index contributed by atoms with van der Waals surface area (Å²) in [6.07, 6.45) is 0. The van der Waals surface area contributed by atoms with E-state index in [9.17, 15) is 9.59 Å². The number of hydrogen-bond acceptors (Lipinski definition) is 3. The van der Waals surface area contributed by atoms with E-state index < -0.39 is 0 Å². The Morgan fingerprint density at radius 2 is 1.81 bits per heavy atom. The van der Waals surface area contributed by atoms with Gasteiger partial charge in [0.1, 0.15) is 0 Å². The van der Waals surface area contributed by atoms with Gasteiger partial charge in [-0.1, -0.05) is 23.2 Å². The predicted octanol–water partition coefficient (Wildman–Crippen LogP) is 2.60. The highest BCUT2D eigenvalue weighted by molar-refractivity contribution is 6.37. The fourth-order valence-electron chi connectivity index (χ4n) is 1.81. The van der Waals surface area contributed by atoms with Crippen LogP contribution in [0, 0.1) is 0 Å².